The van der Waals surface area contributed by atoms with Crippen molar-refractivity contribution < 1.29 is 8.42 Å². The van der Waals surface area contributed by atoms with Gasteiger partial charge in [-0.2, -0.15) is 5.26 Å². The number of thiophene rings is 1. The smallest absolute Gasteiger partial charge is 0.264 e. The number of sulfonamides is 1. The van der Waals surface area contributed by atoms with Gasteiger partial charge in [-0.05, 0) is 66.6 Å². The number of nitriles is 1. The van der Waals surface area contributed by atoms with Crippen LogP contribution in [-0.4, -0.2) is 15.5 Å². The molecule has 0 aliphatic heterocycles. The van der Waals surface area contributed by atoms with Gasteiger partial charge in [0.05, 0.1) is 10.6 Å². The topological polar surface area (TPSA) is 61.2 Å². The zero-order valence-electron chi connectivity index (χ0n) is 14.1. The maximum atomic E-state index is 12.9. The Hall–Kier alpha value is -2.33. The monoisotopic (exact) mass is 402 g/mol. The van der Waals surface area contributed by atoms with Gasteiger partial charge in [0.15, 0.2) is 0 Å². The molecular formula is C19H15ClN2O2S2. The SMILES string of the molecule is Cc1ccc(N(C)S(=O)(=O)c2ccc(Cl)cc2)cc1-c1ccc(C#N)s1. The standard InChI is InChI=1S/C19H15ClN2O2S2/c1-13-3-6-15(11-18(13)19-10-7-16(12-21)25-19)22(2)26(23,24)17-8-4-14(20)5-9-17/h3-11H,1-2H3. The molecule has 0 aliphatic rings. The van der Waals surface area contributed by atoms with Crippen molar-refractivity contribution in [3.8, 4) is 16.5 Å². The van der Waals surface area contributed by atoms with E-state index in [-0.39, 0.29) is 4.90 Å². The van der Waals surface area contributed by atoms with Gasteiger partial charge in [0.2, 0.25) is 0 Å². The summed E-state index contributed by atoms with van der Waals surface area (Å²) in [7, 11) is -2.17. The molecule has 0 aliphatic carbocycles. The molecule has 7 heteroatoms. The molecular weight excluding hydrogens is 388 g/mol. The lowest BCUT2D eigenvalue weighted by molar-refractivity contribution is 0.594. The summed E-state index contributed by atoms with van der Waals surface area (Å²) in [5.74, 6) is 0. The Kier molecular flexibility index (Phi) is 5.05. The van der Waals surface area contributed by atoms with Crippen LogP contribution in [0.15, 0.2) is 59.5 Å². The van der Waals surface area contributed by atoms with Crippen LogP contribution in [0.1, 0.15) is 10.4 Å². The van der Waals surface area contributed by atoms with Crippen molar-refractivity contribution in [3.63, 3.8) is 0 Å². The van der Waals surface area contributed by atoms with Crippen molar-refractivity contribution in [2.45, 2.75) is 11.8 Å². The molecule has 1 aromatic heterocycles. The Labute approximate surface area is 161 Å². The van der Waals surface area contributed by atoms with Crippen LogP contribution in [0.2, 0.25) is 5.02 Å². The molecule has 4 nitrogen and oxygen atoms in total. The van der Waals surface area contributed by atoms with E-state index in [0.717, 1.165) is 16.0 Å². The van der Waals surface area contributed by atoms with Crippen LogP contribution >= 0.6 is 22.9 Å². The fourth-order valence-electron chi connectivity index (χ4n) is 2.52. The molecule has 1 heterocycles. The average Bonchev–Trinajstić information content (AvgIpc) is 3.11. The number of rotatable bonds is 4. The van der Waals surface area contributed by atoms with Crippen LogP contribution in [0.25, 0.3) is 10.4 Å². The Balaban J connectivity index is 2.02. The average molecular weight is 403 g/mol. The molecule has 2 aromatic carbocycles. The van der Waals surface area contributed by atoms with Gasteiger partial charge in [0.25, 0.3) is 10.0 Å². The quantitative estimate of drug-likeness (QED) is 0.611. The molecule has 0 fully saturated rings. The number of hydrogen-bond acceptors (Lipinski definition) is 4. The van der Waals surface area contributed by atoms with E-state index in [1.165, 1.54) is 34.8 Å². The summed E-state index contributed by atoms with van der Waals surface area (Å²) >= 11 is 7.23. The lowest BCUT2D eigenvalue weighted by Crippen LogP contribution is -2.26. The molecule has 0 amide bonds. The molecule has 0 saturated heterocycles. The van der Waals surface area contributed by atoms with E-state index in [4.69, 9.17) is 16.9 Å². The number of nitrogens with zero attached hydrogens (tertiary/aromatic N) is 2. The van der Waals surface area contributed by atoms with Crippen LogP contribution < -0.4 is 4.31 Å². The number of anilines is 1. The van der Waals surface area contributed by atoms with E-state index in [2.05, 4.69) is 6.07 Å². The third kappa shape index (κ3) is 3.47. The van der Waals surface area contributed by atoms with Gasteiger partial charge in [0.1, 0.15) is 10.9 Å². The Morgan fingerprint density at radius 1 is 1.08 bits per heavy atom. The van der Waals surface area contributed by atoms with Gasteiger partial charge in [-0.1, -0.05) is 17.7 Å². The highest BCUT2D eigenvalue weighted by Gasteiger charge is 2.22. The first-order chi connectivity index (χ1) is 12.3. The fourth-order valence-corrected chi connectivity index (χ4v) is 4.72. The lowest BCUT2D eigenvalue weighted by Gasteiger charge is -2.21. The van der Waals surface area contributed by atoms with Gasteiger partial charge >= 0.3 is 0 Å². The van der Waals surface area contributed by atoms with Crippen LogP contribution in [-0.2, 0) is 10.0 Å². The maximum absolute atomic E-state index is 12.9. The van der Waals surface area contributed by atoms with E-state index in [1.807, 2.05) is 25.1 Å². The second kappa shape index (κ2) is 7.12. The van der Waals surface area contributed by atoms with E-state index in [0.29, 0.717) is 15.6 Å². The summed E-state index contributed by atoms with van der Waals surface area (Å²) in [6.07, 6.45) is 0. The molecule has 0 saturated carbocycles. The van der Waals surface area contributed by atoms with Crippen LogP contribution in [0.3, 0.4) is 0 Å². The second-order valence-electron chi connectivity index (χ2n) is 5.70. The minimum atomic E-state index is -3.69. The third-order valence-electron chi connectivity index (χ3n) is 4.04. The maximum Gasteiger partial charge on any atom is 0.264 e. The van der Waals surface area contributed by atoms with Crippen molar-refractivity contribution in [1.29, 1.82) is 5.26 Å². The first-order valence-electron chi connectivity index (χ1n) is 7.68. The Morgan fingerprint density at radius 3 is 2.38 bits per heavy atom. The van der Waals surface area contributed by atoms with Gasteiger partial charge in [-0.3, -0.25) is 4.31 Å². The number of aryl methyl sites for hydroxylation is 1. The van der Waals surface area contributed by atoms with Gasteiger partial charge in [-0.15, -0.1) is 11.3 Å². The molecule has 3 aromatic rings. The number of benzene rings is 2. The summed E-state index contributed by atoms with van der Waals surface area (Å²) in [5.41, 5.74) is 2.47. The highest BCUT2D eigenvalue weighted by Crippen LogP contribution is 2.34. The molecule has 0 N–H and O–H groups in total. The van der Waals surface area contributed by atoms with Crippen molar-refractivity contribution in [1.82, 2.24) is 0 Å². The summed E-state index contributed by atoms with van der Waals surface area (Å²) in [4.78, 5) is 1.72. The molecule has 0 bridgehead atoms. The fraction of sp³-hybridized carbons (Fsp3) is 0.105. The van der Waals surface area contributed by atoms with Crippen molar-refractivity contribution in [3.05, 3.63) is 70.1 Å². The van der Waals surface area contributed by atoms with Crippen molar-refractivity contribution in [2.24, 2.45) is 0 Å². The van der Waals surface area contributed by atoms with E-state index < -0.39 is 10.0 Å². The zero-order chi connectivity index (χ0) is 18.9. The van der Waals surface area contributed by atoms with Crippen LogP contribution in [0, 0.1) is 18.3 Å². The van der Waals surface area contributed by atoms with Crippen molar-refractivity contribution in [2.75, 3.05) is 11.4 Å². The molecule has 132 valence electrons. The second-order valence-corrected chi connectivity index (χ2v) is 9.19. The third-order valence-corrected chi connectivity index (χ3v) is 7.11. The number of hydrogen-bond donors (Lipinski definition) is 0. The molecule has 0 atom stereocenters. The number of halogens is 1. The van der Waals surface area contributed by atoms with E-state index >= 15 is 0 Å². The highest BCUT2D eigenvalue weighted by atomic mass is 35.5. The van der Waals surface area contributed by atoms with Gasteiger partial charge in [-0.25, -0.2) is 8.42 Å². The first kappa shape index (κ1) is 18.5. The molecule has 0 unspecified atom stereocenters. The predicted octanol–water partition coefficient (Wildman–Crippen LogP) is 5.07. The molecule has 26 heavy (non-hydrogen) atoms. The van der Waals surface area contributed by atoms with E-state index in [9.17, 15) is 8.42 Å². The Morgan fingerprint density at radius 2 is 1.77 bits per heavy atom. The van der Waals surface area contributed by atoms with E-state index in [1.54, 1.807) is 24.3 Å². The van der Waals surface area contributed by atoms with Crippen LogP contribution in [0.4, 0.5) is 5.69 Å². The minimum Gasteiger partial charge on any atom is -0.269 e. The zero-order valence-corrected chi connectivity index (χ0v) is 16.5. The van der Waals surface area contributed by atoms with Gasteiger partial charge in [0, 0.05) is 16.9 Å². The summed E-state index contributed by atoms with van der Waals surface area (Å²) in [5, 5.41) is 9.51. The normalized spacial score (nSPS) is 11.2. The Bertz CT molecular complexity index is 1100. The van der Waals surface area contributed by atoms with Gasteiger partial charge < -0.3 is 0 Å². The minimum absolute atomic E-state index is 0.175. The highest BCUT2D eigenvalue weighted by molar-refractivity contribution is 7.92. The largest absolute Gasteiger partial charge is 0.269 e. The summed E-state index contributed by atoms with van der Waals surface area (Å²) in [6, 6.07) is 17.3. The summed E-state index contributed by atoms with van der Waals surface area (Å²) in [6.45, 7) is 1.96. The molecule has 3 rings (SSSR count). The van der Waals surface area contributed by atoms with Crippen molar-refractivity contribution >= 4 is 38.6 Å². The lowest BCUT2D eigenvalue weighted by atomic mass is 10.1. The predicted molar refractivity (Wildman–Crippen MR) is 106 cm³/mol. The molecule has 0 spiro atoms. The van der Waals surface area contributed by atoms with Crippen LogP contribution in [0.5, 0.6) is 0 Å². The first-order valence-corrected chi connectivity index (χ1v) is 10.3. The molecule has 0 radical (unpaired) electrons. The summed E-state index contributed by atoms with van der Waals surface area (Å²) < 4.78 is 27.0.